The standard InChI is InChI=1S/C12H23NO5/c1-11(2)15-7(5-13)9(17-11)10-8(6-14)16-12(3,4)18-10/h7-10,14H,5-6,13H2,1-4H3/t7-,8+,9+,10-/m0/s1. The SMILES string of the molecule is CC1(C)O[C@@H]([C@H]2OC(C)(C)O[C@@H]2CO)[C@H](CN)O1. The average Bonchev–Trinajstić information content (AvgIpc) is 2.74. The lowest BCUT2D eigenvalue weighted by Gasteiger charge is -2.25. The van der Waals surface area contributed by atoms with Gasteiger partial charge in [-0.1, -0.05) is 0 Å². The first-order valence-corrected chi connectivity index (χ1v) is 6.30. The maximum absolute atomic E-state index is 9.39. The molecule has 2 heterocycles. The maximum atomic E-state index is 9.39. The Hall–Kier alpha value is -0.240. The number of rotatable bonds is 3. The third kappa shape index (κ3) is 2.68. The molecule has 2 aliphatic heterocycles. The largest absolute Gasteiger partial charge is 0.394 e. The van der Waals surface area contributed by atoms with Gasteiger partial charge in [-0.3, -0.25) is 0 Å². The lowest BCUT2D eigenvalue weighted by Crippen LogP contribution is -2.45. The van der Waals surface area contributed by atoms with Crippen molar-refractivity contribution in [2.24, 2.45) is 5.73 Å². The van der Waals surface area contributed by atoms with E-state index < -0.39 is 17.7 Å². The van der Waals surface area contributed by atoms with E-state index in [1.165, 1.54) is 0 Å². The number of aliphatic hydroxyl groups excluding tert-OH is 1. The average molecular weight is 261 g/mol. The molecule has 6 heteroatoms. The molecule has 6 nitrogen and oxygen atoms in total. The van der Waals surface area contributed by atoms with Gasteiger partial charge in [-0.25, -0.2) is 0 Å². The number of nitrogens with two attached hydrogens (primary N) is 1. The smallest absolute Gasteiger partial charge is 0.164 e. The molecule has 0 saturated carbocycles. The Morgan fingerprint density at radius 1 is 0.889 bits per heavy atom. The number of hydrogen-bond donors (Lipinski definition) is 2. The van der Waals surface area contributed by atoms with Crippen LogP contribution in [0.4, 0.5) is 0 Å². The van der Waals surface area contributed by atoms with Gasteiger partial charge >= 0.3 is 0 Å². The molecule has 2 rings (SSSR count). The minimum absolute atomic E-state index is 0.119. The summed E-state index contributed by atoms with van der Waals surface area (Å²) in [6.45, 7) is 7.52. The third-order valence-electron chi connectivity index (χ3n) is 3.18. The Bertz CT molecular complexity index is 277. The summed E-state index contributed by atoms with van der Waals surface area (Å²) in [5.74, 6) is -1.42. The Kier molecular flexibility index (Phi) is 3.70. The first-order valence-electron chi connectivity index (χ1n) is 6.30. The molecular formula is C12H23NO5. The van der Waals surface area contributed by atoms with E-state index in [0.717, 1.165) is 0 Å². The molecule has 0 unspecified atom stereocenters. The number of aliphatic hydroxyl groups is 1. The van der Waals surface area contributed by atoms with Crippen LogP contribution in [0.2, 0.25) is 0 Å². The molecule has 0 aromatic heterocycles. The first kappa shape index (κ1) is 14.2. The van der Waals surface area contributed by atoms with Crippen LogP contribution in [0.25, 0.3) is 0 Å². The zero-order valence-electron chi connectivity index (χ0n) is 11.4. The van der Waals surface area contributed by atoms with Crippen molar-refractivity contribution >= 4 is 0 Å². The second kappa shape index (κ2) is 4.70. The zero-order valence-corrected chi connectivity index (χ0v) is 11.4. The molecule has 0 amide bonds. The van der Waals surface area contributed by atoms with Crippen LogP contribution < -0.4 is 5.73 Å². The Balaban J connectivity index is 2.15. The zero-order chi connectivity index (χ0) is 13.6. The lowest BCUT2D eigenvalue weighted by molar-refractivity contribution is -0.175. The molecule has 0 spiro atoms. The van der Waals surface area contributed by atoms with Gasteiger partial charge in [0.05, 0.1) is 6.61 Å². The molecule has 2 aliphatic rings. The van der Waals surface area contributed by atoms with Gasteiger partial charge in [-0.2, -0.15) is 0 Å². The fourth-order valence-electron chi connectivity index (χ4n) is 2.61. The summed E-state index contributed by atoms with van der Waals surface area (Å²) in [5, 5.41) is 9.39. The molecule has 0 aromatic rings. The summed E-state index contributed by atoms with van der Waals surface area (Å²) < 4.78 is 23.0. The third-order valence-corrected chi connectivity index (χ3v) is 3.18. The summed E-state index contributed by atoms with van der Waals surface area (Å²) in [6, 6.07) is 0. The van der Waals surface area contributed by atoms with E-state index in [0.29, 0.717) is 6.54 Å². The van der Waals surface area contributed by atoms with Crippen molar-refractivity contribution in [3.63, 3.8) is 0 Å². The Labute approximate surface area is 107 Å². The van der Waals surface area contributed by atoms with Crippen LogP contribution in [0.15, 0.2) is 0 Å². The van der Waals surface area contributed by atoms with Crippen LogP contribution in [0.3, 0.4) is 0 Å². The minimum atomic E-state index is -0.729. The molecule has 0 radical (unpaired) electrons. The van der Waals surface area contributed by atoms with Gasteiger partial charge in [0.15, 0.2) is 11.6 Å². The highest BCUT2D eigenvalue weighted by atomic mass is 16.8. The van der Waals surface area contributed by atoms with Crippen molar-refractivity contribution in [3.8, 4) is 0 Å². The summed E-state index contributed by atoms with van der Waals surface area (Å²) in [5.41, 5.74) is 5.70. The topological polar surface area (TPSA) is 83.2 Å². The monoisotopic (exact) mass is 261 g/mol. The lowest BCUT2D eigenvalue weighted by atomic mass is 10.0. The molecule has 2 fully saturated rings. The van der Waals surface area contributed by atoms with E-state index >= 15 is 0 Å². The molecule has 0 aliphatic carbocycles. The van der Waals surface area contributed by atoms with Crippen LogP contribution in [-0.2, 0) is 18.9 Å². The van der Waals surface area contributed by atoms with E-state index in [2.05, 4.69) is 0 Å². The summed E-state index contributed by atoms with van der Waals surface area (Å²) in [4.78, 5) is 0. The fraction of sp³-hybridized carbons (Fsp3) is 1.00. The number of hydrogen-bond acceptors (Lipinski definition) is 6. The van der Waals surface area contributed by atoms with Gasteiger partial charge in [-0.15, -0.1) is 0 Å². The van der Waals surface area contributed by atoms with Crippen molar-refractivity contribution in [2.75, 3.05) is 13.2 Å². The molecule has 2 saturated heterocycles. The maximum Gasteiger partial charge on any atom is 0.164 e. The van der Waals surface area contributed by atoms with Gasteiger partial charge in [0.2, 0.25) is 0 Å². The Morgan fingerprint density at radius 2 is 1.33 bits per heavy atom. The van der Waals surface area contributed by atoms with Crippen molar-refractivity contribution in [1.82, 2.24) is 0 Å². The van der Waals surface area contributed by atoms with Crippen LogP contribution in [0, 0.1) is 0 Å². The molecule has 0 aromatic carbocycles. The summed E-state index contributed by atoms with van der Waals surface area (Å²) in [6.07, 6.45) is -1.38. The normalized spacial score (nSPS) is 42.3. The van der Waals surface area contributed by atoms with E-state index in [-0.39, 0.29) is 24.9 Å². The van der Waals surface area contributed by atoms with E-state index in [1.807, 2.05) is 27.7 Å². The second-order valence-electron chi connectivity index (χ2n) is 5.70. The Morgan fingerprint density at radius 3 is 1.78 bits per heavy atom. The predicted molar refractivity (Wildman–Crippen MR) is 63.8 cm³/mol. The van der Waals surface area contributed by atoms with Crippen molar-refractivity contribution < 1.29 is 24.1 Å². The highest BCUT2D eigenvalue weighted by Gasteiger charge is 2.53. The van der Waals surface area contributed by atoms with Crippen molar-refractivity contribution in [2.45, 2.75) is 63.7 Å². The van der Waals surface area contributed by atoms with E-state index in [9.17, 15) is 5.11 Å². The summed E-state index contributed by atoms with van der Waals surface area (Å²) in [7, 11) is 0. The van der Waals surface area contributed by atoms with Crippen molar-refractivity contribution in [3.05, 3.63) is 0 Å². The molecular weight excluding hydrogens is 238 g/mol. The predicted octanol–water partition coefficient (Wildman–Crippen LogP) is -0.0224. The van der Waals surface area contributed by atoms with E-state index in [1.54, 1.807) is 0 Å². The van der Waals surface area contributed by atoms with Gasteiger partial charge in [-0.05, 0) is 27.7 Å². The van der Waals surface area contributed by atoms with Crippen LogP contribution >= 0.6 is 0 Å². The van der Waals surface area contributed by atoms with Gasteiger partial charge in [0.1, 0.15) is 24.4 Å². The minimum Gasteiger partial charge on any atom is -0.394 e. The van der Waals surface area contributed by atoms with Gasteiger partial charge in [0, 0.05) is 6.54 Å². The molecule has 18 heavy (non-hydrogen) atoms. The highest BCUT2D eigenvalue weighted by molar-refractivity contribution is 4.95. The van der Waals surface area contributed by atoms with Gasteiger partial charge in [0.25, 0.3) is 0 Å². The molecule has 4 atom stereocenters. The van der Waals surface area contributed by atoms with Crippen molar-refractivity contribution in [1.29, 1.82) is 0 Å². The number of ether oxygens (including phenoxy) is 4. The summed E-state index contributed by atoms with van der Waals surface area (Å²) >= 11 is 0. The quantitative estimate of drug-likeness (QED) is 0.743. The van der Waals surface area contributed by atoms with Crippen LogP contribution in [0.5, 0.6) is 0 Å². The van der Waals surface area contributed by atoms with Crippen LogP contribution in [-0.4, -0.2) is 54.2 Å². The van der Waals surface area contributed by atoms with E-state index in [4.69, 9.17) is 24.7 Å². The molecule has 0 bridgehead atoms. The van der Waals surface area contributed by atoms with Gasteiger partial charge < -0.3 is 29.8 Å². The van der Waals surface area contributed by atoms with Crippen LogP contribution in [0.1, 0.15) is 27.7 Å². The molecule has 106 valence electrons. The second-order valence-corrected chi connectivity index (χ2v) is 5.70. The molecule has 3 N–H and O–H groups in total. The highest BCUT2D eigenvalue weighted by Crippen LogP contribution is 2.37. The fourth-order valence-corrected chi connectivity index (χ4v) is 2.61. The first-order chi connectivity index (χ1) is 8.28.